The van der Waals surface area contributed by atoms with Crippen LogP contribution in [0.15, 0.2) is 24.3 Å². The van der Waals surface area contributed by atoms with E-state index < -0.39 is 10.8 Å². The van der Waals surface area contributed by atoms with Gasteiger partial charge in [-0.1, -0.05) is 12.1 Å². The molecule has 19 heavy (non-hydrogen) atoms. The topological polar surface area (TPSA) is 52.6 Å². The molecule has 1 aromatic carbocycles. The Morgan fingerprint density at radius 2 is 2.37 bits per heavy atom. The van der Waals surface area contributed by atoms with Crippen LogP contribution in [-0.2, 0) is 26.0 Å². The zero-order chi connectivity index (χ0) is 13.7. The molecule has 0 aromatic heterocycles. The van der Waals surface area contributed by atoms with Crippen LogP contribution < -0.4 is 0 Å². The number of rotatable bonds is 5. The van der Waals surface area contributed by atoms with Crippen LogP contribution in [0, 0.1) is 0 Å². The molecule has 2 unspecified atom stereocenters. The highest BCUT2D eigenvalue weighted by atomic mass is 32.2. The molecule has 2 rings (SSSR count). The van der Waals surface area contributed by atoms with Crippen LogP contribution in [0.4, 0.5) is 0 Å². The summed E-state index contributed by atoms with van der Waals surface area (Å²) < 4.78 is 21.8. The summed E-state index contributed by atoms with van der Waals surface area (Å²) in [6.45, 7) is 1.06. The van der Waals surface area contributed by atoms with E-state index in [-0.39, 0.29) is 12.1 Å². The molecule has 1 fully saturated rings. The van der Waals surface area contributed by atoms with Crippen LogP contribution in [0.1, 0.15) is 28.8 Å². The van der Waals surface area contributed by atoms with Gasteiger partial charge in [0.05, 0.1) is 11.7 Å². The predicted octanol–water partition coefficient (Wildman–Crippen LogP) is 1.90. The molecule has 1 aromatic rings. The lowest BCUT2D eigenvalue weighted by molar-refractivity contribution is 0.0161. The number of benzene rings is 1. The summed E-state index contributed by atoms with van der Waals surface area (Å²) in [5.74, 6) is 0.103. The minimum Gasteiger partial charge on any atom is -0.459 e. The fourth-order valence-electron chi connectivity index (χ4n) is 2.05. The van der Waals surface area contributed by atoms with Crippen molar-refractivity contribution in [3.05, 3.63) is 35.4 Å². The molecule has 5 heteroatoms. The van der Waals surface area contributed by atoms with E-state index in [0.717, 1.165) is 25.0 Å². The van der Waals surface area contributed by atoms with E-state index in [1.807, 2.05) is 6.07 Å². The molecule has 0 amide bonds. The molecule has 1 saturated heterocycles. The van der Waals surface area contributed by atoms with Gasteiger partial charge >= 0.3 is 5.97 Å². The van der Waals surface area contributed by atoms with Crippen molar-refractivity contribution < 1.29 is 18.5 Å². The average molecular weight is 282 g/mol. The second-order valence-electron chi connectivity index (χ2n) is 4.65. The number of ether oxygens (including phenoxy) is 2. The van der Waals surface area contributed by atoms with E-state index in [9.17, 15) is 9.00 Å². The third kappa shape index (κ3) is 4.44. The van der Waals surface area contributed by atoms with Crippen LogP contribution in [0.3, 0.4) is 0 Å². The van der Waals surface area contributed by atoms with E-state index >= 15 is 0 Å². The Labute approximate surface area is 115 Å². The van der Waals surface area contributed by atoms with Gasteiger partial charge in [-0.3, -0.25) is 4.21 Å². The van der Waals surface area contributed by atoms with Gasteiger partial charge in [-0.15, -0.1) is 0 Å². The maximum atomic E-state index is 11.9. The van der Waals surface area contributed by atoms with Crippen LogP contribution >= 0.6 is 0 Å². The van der Waals surface area contributed by atoms with Gasteiger partial charge in [0.25, 0.3) is 0 Å². The molecule has 0 aliphatic carbocycles. The second-order valence-corrected chi connectivity index (χ2v) is 6.09. The summed E-state index contributed by atoms with van der Waals surface area (Å²) in [5, 5.41) is 0. The lowest BCUT2D eigenvalue weighted by atomic mass is 10.1. The van der Waals surface area contributed by atoms with Crippen molar-refractivity contribution in [2.45, 2.75) is 24.7 Å². The molecule has 1 aliphatic heterocycles. The standard InChI is InChI=1S/C14H18O4S/c1-19(16)10-11-4-2-5-12(8-11)14(15)18-9-13-6-3-7-17-13/h2,4-5,8,13H,3,6-7,9-10H2,1H3. The number of hydrogen-bond acceptors (Lipinski definition) is 4. The Bertz CT molecular complexity index is 466. The van der Waals surface area contributed by atoms with Crippen molar-refractivity contribution >= 4 is 16.8 Å². The molecule has 0 bridgehead atoms. The quantitative estimate of drug-likeness (QED) is 0.774. The molecular formula is C14H18O4S. The molecule has 0 spiro atoms. The van der Waals surface area contributed by atoms with Gasteiger partial charge in [-0.05, 0) is 30.5 Å². The molecule has 0 N–H and O–H groups in total. The van der Waals surface area contributed by atoms with Gasteiger partial charge in [0.2, 0.25) is 0 Å². The zero-order valence-electron chi connectivity index (χ0n) is 11.0. The van der Waals surface area contributed by atoms with Crippen LogP contribution in [0.5, 0.6) is 0 Å². The Kier molecular flexibility index (Phi) is 5.10. The highest BCUT2D eigenvalue weighted by Crippen LogP contribution is 2.14. The fraction of sp³-hybridized carbons (Fsp3) is 0.500. The van der Waals surface area contributed by atoms with Gasteiger partial charge in [-0.2, -0.15) is 0 Å². The molecule has 1 aliphatic rings. The van der Waals surface area contributed by atoms with E-state index in [0.29, 0.717) is 17.9 Å². The van der Waals surface area contributed by atoms with Gasteiger partial charge in [-0.25, -0.2) is 4.79 Å². The van der Waals surface area contributed by atoms with Gasteiger partial charge in [0.15, 0.2) is 0 Å². The summed E-state index contributed by atoms with van der Waals surface area (Å²) in [6.07, 6.45) is 3.65. The summed E-state index contributed by atoms with van der Waals surface area (Å²) >= 11 is 0. The van der Waals surface area contributed by atoms with Gasteiger partial charge in [0, 0.05) is 29.4 Å². The number of carbonyl (C=O) groups excluding carboxylic acids is 1. The maximum absolute atomic E-state index is 11.9. The Hall–Kier alpha value is -1.20. The van der Waals surface area contributed by atoms with Crippen molar-refractivity contribution in [3.8, 4) is 0 Å². The Balaban J connectivity index is 1.92. The van der Waals surface area contributed by atoms with Crippen molar-refractivity contribution in [1.82, 2.24) is 0 Å². The first-order valence-corrected chi connectivity index (χ1v) is 8.05. The Morgan fingerprint density at radius 3 is 3.05 bits per heavy atom. The number of esters is 1. The molecule has 4 nitrogen and oxygen atoms in total. The third-order valence-corrected chi connectivity index (χ3v) is 3.70. The zero-order valence-corrected chi connectivity index (χ0v) is 11.8. The van der Waals surface area contributed by atoms with Crippen LogP contribution in [0.25, 0.3) is 0 Å². The largest absolute Gasteiger partial charge is 0.459 e. The summed E-state index contributed by atoms with van der Waals surface area (Å²) in [4.78, 5) is 11.9. The molecular weight excluding hydrogens is 264 g/mol. The molecule has 0 saturated carbocycles. The smallest absolute Gasteiger partial charge is 0.338 e. The summed E-state index contributed by atoms with van der Waals surface area (Å²) in [5.41, 5.74) is 1.38. The van der Waals surface area contributed by atoms with Crippen molar-refractivity contribution in [1.29, 1.82) is 0 Å². The minimum atomic E-state index is -0.916. The van der Waals surface area contributed by atoms with E-state index in [2.05, 4.69) is 0 Å². The highest BCUT2D eigenvalue weighted by molar-refractivity contribution is 7.83. The first kappa shape index (κ1) is 14.2. The van der Waals surface area contributed by atoms with Crippen LogP contribution in [-0.4, -0.2) is 35.8 Å². The van der Waals surface area contributed by atoms with Crippen LogP contribution in [0.2, 0.25) is 0 Å². The molecule has 1 heterocycles. The first-order valence-electron chi connectivity index (χ1n) is 6.33. The van der Waals surface area contributed by atoms with E-state index in [4.69, 9.17) is 9.47 Å². The number of hydrogen-bond donors (Lipinski definition) is 0. The van der Waals surface area contributed by atoms with Crippen molar-refractivity contribution in [2.24, 2.45) is 0 Å². The SMILES string of the molecule is CS(=O)Cc1cccc(C(=O)OCC2CCCO2)c1. The lowest BCUT2D eigenvalue weighted by Gasteiger charge is -2.10. The lowest BCUT2D eigenvalue weighted by Crippen LogP contribution is -2.18. The van der Waals surface area contributed by atoms with E-state index in [1.54, 1.807) is 24.5 Å². The molecule has 0 radical (unpaired) electrons. The second kappa shape index (κ2) is 6.82. The average Bonchev–Trinajstić information content (AvgIpc) is 2.88. The summed E-state index contributed by atoms with van der Waals surface area (Å²) in [7, 11) is -0.916. The van der Waals surface area contributed by atoms with Crippen molar-refractivity contribution in [3.63, 3.8) is 0 Å². The van der Waals surface area contributed by atoms with Gasteiger partial charge in [0.1, 0.15) is 6.61 Å². The molecule has 104 valence electrons. The van der Waals surface area contributed by atoms with E-state index in [1.165, 1.54) is 0 Å². The van der Waals surface area contributed by atoms with Crippen molar-refractivity contribution in [2.75, 3.05) is 19.5 Å². The first-order chi connectivity index (χ1) is 9.15. The Morgan fingerprint density at radius 1 is 1.53 bits per heavy atom. The molecule has 2 atom stereocenters. The third-order valence-electron chi connectivity index (χ3n) is 2.96. The monoisotopic (exact) mass is 282 g/mol. The minimum absolute atomic E-state index is 0.0373. The normalized spacial score (nSPS) is 20.2. The maximum Gasteiger partial charge on any atom is 0.338 e. The highest BCUT2D eigenvalue weighted by Gasteiger charge is 2.18. The van der Waals surface area contributed by atoms with Gasteiger partial charge < -0.3 is 9.47 Å². The predicted molar refractivity (Wildman–Crippen MR) is 73.5 cm³/mol. The fourth-order valence-corrected chi connectivity index (χ4v) is 2.70. The summed E-state index contributed by atoms with van der Waals surface area (Å²) in [6, 6.07) is 7.09. The number of carbonyl (C=O) groups is 1.